The van der Waals surface area contributed by atoms with E-state index in [4.69, 9.17) is 15.3 Å². The molecule has 3 N–H and O–H groups in total. The molecule has 0 amide bonds. The van der Waals surface area contributed by atoms with Crippen molar-refractivity contribution in [1.82, 2.24) is 0 Å². The van der Waals surface area contributed by atoms with Gasteiger partial charge in [0.15, 0.2) is 0 Å². The monoisotopic (exact) mass is 121 g/mol. The van der Waals surface area contributed by atoms with Crippen LogP contribution in [0.25, 0.3) is 0 Å². The Labute approximate surface area is 47.0 Å². The van der Waals surface area contributed by atoms with Crippen LogP contribution in [-0.2, 0) is 5.11 Å². The first-order chi connectivity index (χ1) is 3.68. The predicted octanol–water partition coefficient (Wildman–Crippen LogP) is -1.87. The largest absolute Gasteiger partial charge is 0.393 e. The van der Waals surface area contributed by atoms with Gasteiger partial charge >= 0.3 is 0 Å². The average molecular weight is 121 g/mol. The van der Waals surface area contributed by atoms with Gasteiger partial charge in [-0.1, -0.05) is 0 Å². The van der Waals surface area contributed by atoms with Crippen LogP contribution in [0.1, 0.15) is 0 Å². The highest BCUT2D eigenvalue weighted by Crippen LogP contribution is 1.98. The fraction of sp³-hybridized carbons (Fsp3) is 1.00. The lowest BCUT2D eigenvalue weighted by atomic mass is 10.1. The number of rotatable bonds is 3. The van der Waals surface area contributed by atoms with Crippen LogP contribution in [0.15, 0.2) is 0 Å². The van der Waals surface area contributed by atoms with Gasteiger partial charge in [0, 0.05) is 0 Å². The van der Waals surface area contributed by atoms with Gasteiger partial charge in [-0.05, 0) is 0 Å². The smallest absolute Gasteiger partial charge is 0.137 e. The Kier molecular flexibility index (Phi) is 2.93. The van der Waals surface area contributed by atoms with E-state index in [1.165, 1.54) is 0 Å². The van der Waals surface area contributed by atoms with E-state index in [1.54, 1.807) is 0 Å². The minimum Gasteiger partial charge on any atom is -0.393 e. The van der Waals surface area contributed by atoms with Crippen molar-refractivity contribution in [1.29, 1.82) is 0 Å². The molecule has 0 rings (SSSR count). The van der Waals surface area contributed by atoms with E-state index >= 15 is 0 Å². The second-order valence-electron chi connectivity index (χ2n) is 1.68. The van der Waals surface area contributed by atoms with Crippen molar-refractivity contribution >= 4 is 0 Å². The van der Waals surface area contributed by atoms with Crippen molar-refractivity contribution in [2.45, 2.75) is 5.60 Å². The second kappa shape index (κ2) is 2.99. The van der Waals surface area contributed by atoms with Gasteiger partial charge in [-0.15, -0.1) is 0 Å². The lowest BCUT2D eigenvalue weighted by molar-refractivity contribution is -0.102. The number of hydrogen-bond donors (Lipinski definition) is 3. The third-order valence-corrected chi connectivity index (χ3v) is 0.857. The third kappa shape index (κ3) is 1.75. The normalized spacial score (nSPS) is 12.0. The van der Waals surface area contributed by atoms with Crippen LogP contribution in [0.3, 0.4) is 0 Å². The molecule has 0 saturated carbocycles. The Morgan fingerprint density at radius 1 is 1.25 bits per heavy atom. The Hall–Kier alpha value is -0.160. The maximum atomic E-state index is 9.84. The zero-order valence-electron chi connectivity index (χ0n) is 4.37. The van der Waals surface area contributed by atoms with Crippen LogP contribution < -0.4 is 0 Å². The zero-order valence-corrected chi connectivity index (χ0v) is 4.37. The summed E-state index contributed by atoms with van der Waals surface area (Å²) < 4.78 is 0. The first-order valence-electron chi connectivity index (χ1n) is 2.21. The molecule has 8 heavy (non-hydrogen) atoms. The molecule has 0 aromatic heterocycles. The summed E-state index contributed by atoms with van der Waals surface area (Å²) in [6, 6.07) is 0. The maximum Gasteiger partial charge on any atom is 0.137 e. The quantitative estimate of drug-likeness (QED) is 0.409. The molecule has 0 aliphatic rings. The van der Waals surface area contributed by atoms with E-state index in [2.05, 4.69) is 0 Å². The third-order valence-electron chi connectivity index (χ3n) is 0.857. The fourth-order valence-corrected chi connectivity index (χ4v) is 0.141. The molecule has 4 nitrogen and oxygen atoms in total. The highest BCUT2D eigenvalue weighted by molar-refractivity contribution is 4.73. The maximum absolute atomic E-state index is 9.84. The minimum absolute atomic E-state index is 0.688. The van der Waals surface area contributed by atoms with Crippen LogP contribution >= 0.6 is 0 Å². The minimum atomic E-state index is -1.82. The molecule has 0 saturated heterocycles. The van der Waals surface area contributed by atoms with Crippen LogP contribution in [0, 0.1) is 0 Å². The molecule has 0 heterocycles. The number of hydrogen-bond acceptors (Lipinski definition) is 3. The van der Waals surface area contributed by atoms with Crippen LogP contribution in [0.4, 0.5) is 0 Å². The van der Waals surface area contributed by atoms with Crippen LogP contribution in [-0.4, -0.2) is 40.7 Å². The Bertz CT molecular complexity index is 50.8. The van der Waals surface area contributed by atoms with Crippen LogP contribution in [0.5, 0.6) is 0 Å². The van der Waals surface area contributed by atoms with Gasteiger partial charge in [0.1, 0.15) is 12.2 Å². The van der Waals surface area contributed by atoms with Crippen molar-refractivity contribution in [3.8, 4) is 0 Å². The number of aliphatic hydroxyl groups excluding tert-OH is 2. The molecule has 0 atom stereocenters. The molecule has 0 aliphatic heterocycles. The van der Waals surface area contributed by atoms with Crippen molar-refractivity contribution in [3.63, 3.8) is 0 Å². The molecule has 0 aromatic rings. The highest BCUT2D eigenvalue weighted by atomic mass is 16.4. The molecule has 0 aromatic carbocycles. The van der Waals surface area contributed by atoms with Gasteiger partial charge in [0.05, 0.1) is 13.2 Å². The Morgan fingerprint density at radius 2 is 1.62 bits per heavy atom. The van der Waals surface area contributed by atoms with E-state index in [-0.39, 0.29) is 0 Å². The van der Waals surface area contributed by atoms with Gasteiger partial charge in [-0.25, -0.2) is 5.11 Å². The highest BCUT2D eigenvalue weighted by Gasteiger charge is 2.23. The lowest BCUT2D eigenvalue weighted by Gasteiger charge is -2.17. The summed E-state index contributed by atoms with van der Waals surface area (Å²) in [5, 5.41) is 34.8. The molecule has 0 aliphatic carbocycles. The summed E-state index contributed by atoms with van der Waals surface area (Å²) in [5.41, 5.74) is -1.82. The summed E-state index contributed by atoms with van der Waals surface area (Å²) in [5.74, 6) is 0. The van der Waals surface area contributed by atoms with E-state index in [1.807, 2.05) is 0 Å². The molecular weight excluding hydrogens is 112 g/mol. The second-order valence-corrected chi connectivity index (χ2v) is 1.68. The molecule has 4 heteroatoms. The molecule has 0 spiro atoms. The van der Waals surface area contributed by atoms with Crippen LogP contribution in [0.2, 0.25) is 0 Å². The SMILES string of the molecule is [O]CC(O)(CO)CO. The molecule has 49 valence electrons. The van der Waals surface area contributed by atoms with E-state index in [9.17, 15) is 5.11 Å². The topological polar surface area (TPSA) is 80.6 Å². The van der Waals surface area contributed by atoms with Gasteiger partial charge in [-0.2, -0.15) is 0 Å². The average Bonchev–Trinajstić information content (AvgIpc) is 1.87. The van der Waals surface area contributed by atoms with Gasteiger partial charge in [-0.3, -0.25) is 0 Å². The summed E-state index contributed by atoms with van der Waals surface area (Å²) in [6.07, 6.45) is 0. The van der Waals surface area contributed by atoms with Crippen molar-refractivity contribution in [3.05, 3.63) is 0 Å². The standard InChI is InChI=1S/C4H9O4/c5-1-4(8,2-6)3-7/h5-6,8H,1-3H2. The molecule has 0 unspecified atom stereocenters. The zero-order chi connectivity index (χ0) is 6.62. The van der Waals surface area contributed by atoms with Crippen molar-refractivity contribution < 1.29 is 20.4 Å². The number of aliphatic hydroxyl groups is 3. The summed E-state index contributed by atoms with van der Waals surface area (Å²) in [4.78, 5) is 0. The van der Waals surface area contributed by atoms with Gasteiger partial charge in [0.25, 0.3) is 0 Å². The van der Waals surface area contributed by atoms with E-state index < -0.39 is 25.4 Å². The Balaban J connectivity index is 3.58. The van der Waals surface area contributed by atoms with Gasteiger partial charge in [0.2, 0.25) is 0 Å². The summed E-state index contributed by atoms with van der Waals surface area (Å²) in [6.45, 7) is -2.25. The predicted molar refractivity (Wildman–Crippen MR) is 24.7 cm³/mol. The summed E-state index contributed by atoms with van der Waals surface area (Å²) >= 11 is 0. The first-order valence-corrected chi connectivity index (χ1v) is 2.21. The van der Waals surface area contributed by atoms with E-state index in [0.29, 0.717) is 0 Å². The fourth-order valence-electron chi connectivity index (χ4n) is 0.141. The van der Waals surface area contributed by atoms with Crippen molar-refractivity contribution in [2.75, 3.05) is 19.8 Å². The molecule has 1 radical (unpaired) electrons. The lowest BCUT2D eigenvalue weighted by Crippen LogP contribution is -2.40. The summed E-state index contributed by atoms with van der Waals surface area (Å²) in [7, 11) is 0. The van der Waals surface area contributed by atoms with E-state index in [0.717, 1.165) is 0 Å². The first kappa shape index (κ1) is 7.84. The van der Waals surface area contributed by atoms with Gasteiger partial charge < -0.3 is 15.3 Å². The molecular formula is C4H9O4. The molecule has 0 bridgehead atoms. The Morgan fingerprint density at radius 3 is 1.62 bits per heavy atom. The van der Waals surface area contributed by atoms with Crippen molar-refractivity contribution in [2.24, 2.45) is 0 Å². The molecule has 0 fully saturated rings.